The van der Waals surface area contributed by atoms with E-state index in [2.05, 4.69) is 64.5 Å². The minimum atomic E-state index is 0. The molecule has 0 fully saturated rings. The van der Waals surface area contributed by atoms with Crippen LogP contribution in [-0.2, 0) is 6.42 Å². The lowest BCUT2D eigenvalue weighted by Gasteiger charge is -2.19. The Labute approximate surface area is 158 Å². The lowest BCUT2D eigenvalue weighted by molar-refractivity contribution is 0.557. The molecule has 0 aromatic carbocycles. The summed E-state index contributed by atoms with van der Waals surface area (Å²) in [6.45, 7) is 5.35. The van der Waals surface area contributed by atoms with Crippen LogP contribution in [0.15, 0.2) is 40.0 Å². The Hall–Kier alpha value is -0.600. The van der Waals surface area contributed by atoms with Crippen LogP contribution < -0.4 is 10.6 Å². The van der Waals surface area contributed by atoms with Crippen LogP contribution in [0.5, 0.6) is 0 Å². The standard InChI is InChI=1S/C16H23N3S2.HI/c1-12(10-14-6-4-8-20-14)11-18-16(17-3)19-13(2)15-7-5-9-21-15;/h4-9,12-13H,10-11H2,1-3H3,(H2,17,18,19);1H. The summed E-state index contributed by atoms with van der Waals surface area (Å²) >= 11 is 3.59. The Balaban J connectivity index is 0.00000242. The topological polar surface area (TPSA) is 36.4 Å². The van der Waals surface area contributed by atoms with E-state index in [1.165, 1.54) is 9.75 Å². The van der Waals surface area contributed by atoms with Crippen LogP contribution in [0.3, 0.4) is 0 Å². The van der Waals surface area contributed by atoms with Crippen molar-refractivity contribution in [3.8, 4) is 0 Å². The van der Waals surface area contributed by atoms with Gasteiger partial charge in [0.25, 0.3) is 0 Å². The number of rotatable bonds is 6. The molecule has 0 aliphatic heterocycles. The van der Waals surface area contributed by atoms with E-state index in [-0.39, 0.29) is 30.0 Å². The zero-order chi connectivity index (χ0) is 15.1. The predicted molar refractivity (Wildman–Crippen MR) is 110 cm³/mol. The first kappa shape index (κ1) is 19.4. The van der Waals surface area contributed by atoms with Gasteiger partial charge in [-0.1, -0.05) is 19.1 Å². The zero-order valence-electron chi connectivity index (χ0n) is 13.2. The molecule has 0 aliphatic carbocycles. The maximum atomic E-state index is 4.31. The minimum absolute atomic E-state index is 0. The minimum Gasteiger partial charge on any atom is -0.356 e. The van der Waals surface area contributed by atoms with Crippen LogP contribution in [0.4, 0.5) is 0 Å². The van der Waals surface area contributed by atoms with E-state index in [1.54, 1.807) is 11.3 Å². The lowest BCUT2D eigenvalue weighted by atomic mass is 10.1. The summed E-state index contributed by atoms with van der Waals surface area (Å²) in [6.07, 6.45) is 1.11. The Morgan fingerprint density at radius 2 is 1.91 bits per heavy atom. The number of nitrogens with zero attached hydrogens (tertiary/aromatic N) is 1. The fourth-order valence-electron chi connectivity index (χ4n) is 2.12. The van der Waals surface area contributed by atoms with Gasteiger partial charge in [0, 0.05) is 23.3 Å². The fraction of sp³-hybridized carbons (Fsp3) is 0.438. The van der Waals surface area contributed by atoms with E-state index in [4.69, 9.17) is 0 Å². The van der Waals surface area contributed by atoms with Crippen LogP contribution in [0.25, 0.3) is 0 Å². The highest BCUT2D eigenvalue weighted by Crippen LogP contribution is 2.18. The Morgan fingerprint density at radius 1 is 1.18 bits per heavy atom. The smallest absolute Gasteiger partial charge is 0.191 e. The monoisotopic (exact) mass is 449 g/mol. The third-order valence-corrected chi connectivity index (χ3v) is 5.25. The summed E-state index contributed by atoms with van der Waals surface area (Å²) in [5.41, 5.74) is 0. The van der Waals surface area contributed by atoms with Crippen LogP contribution in [0, 0.1) is 5.92 Å². The van der Waals surface area contributed by atoms with Crippen molar-refractivity contribution in [1.29, 1.82) is 0 Å². The number of hydrogen-bond acceptors (Lipinski definition) is 3. The van der Waals surface area contributed by atoms with Crippen molar-refractivity contribution in [3.63, 3.8) is 0 Å². The van der Waals surface area contributed by atoms with Crippen LogP contribution in [0.1, 0.15) is 29.6 Å². The molecule has 22 heavy (non-hydrogen) atoms. The Morgan fingerprint density at radius 3 is 2.50 bits per heavy atom. The van der Waals surface area contributed by atoms with Gasteiger partial charge in [-0.3, -0.25) is 4.99 Å². The van der Waals surface area contributed by atoms with E-state index in [0.29, 0.717) is 5.92 Å². The van der Waals surface area contributed by atoms with Crippen molar-refractivity contribution in [1.82, 2.24) is 10.6 Å². The molecule has 2 aromatic heterocycles. The zero-order valence-corrected chi connectivity index (χ0v) is 17.2. The van der Waals surface area contributed by atoms with Gasteiger partial charge in [-0.15, -0.1) is 46.7 Å². The van der Waals surface area contributed by atoms with E-state index in [9.17, 15) is 0 Å². The van der Waals surface area contributed by atoms with Gasteiger partial charge in [-0.05, 0) is 42.2 Å². The average Bonchev–Trinajstić information content (AvgIpc) is 3.15. The van der Waals surface area contributed by atoms with E-state index in [0.717, 1.165) is 18.9 Å². The van der Waals surface area contributed by atoms with Crippen molar-refractivity contribution in [2.45, 2.75) is 26.3 Å². The molecule has 2 unspecified atom stereocenters. The van der Waals surface area contributed by atoms with Gasteiger partial charge < -0.3 is 10.6 Å². The largest absolute Gasteiger partial charge is 0.356 e. The summed E-state index contributed by atoms with van der Waals surface area (Å²) in [6, 6.07) is 8.83. The second kappa shape index (κ2) is 10.2. The molecule has 2 N–H and O–H groups in total. The maximum Gasteiger partial charge on any atom is 0.191 e. The Bertz CT molecular complexity index is 538. The molecule has 2 rings (SSSR count). The normalized spacial score (nSPS) is 14.0. The molecule has 0 aliphatic rings. The van der Waals surface area contributed by atoms with Crippen molar-refractivity contribution in [2.75, 3.05) is 13.6 Å². The van der Waals surface area contributed by atoms with E-state index >= 15 is 0 Å². The van der Waals surface area contributed by atoms with Crippen LogP contribution in [-0.4, -0.2) is 19.6 Å². The highest BCUT2D eigenvalue weighted by Gasteiger charge is 2.10. The highest BCUT2D eigenvalue weighted by atomic mass is 127. The summed E-state index contributed by atoms with van der Waals surface area (Å²) in [5.74, 6) is 1.45. The molecule has 0 saturated carbocycles. The third-order valence-electron chi connectivity index (χ3n) is 3.29. The number of aliphatic imine (C=N–C) groups is 1. The molecule has 2 heterocycles. The molecule has 6 heteroatoms. The first-order valence-electron chi connectivity index (χ1n) is 7.22. The summed E-state index contributed by atoms with van der Waals surface area (Å²) in [4.78, 5) is 7.08. The number of hydrogen-bond donors (Lipinski definition) is 2. The summed E-state index contributed by atoms with van der Waals surface area (Å²) in [5, 5.41) is 11.1. The SMILES string of the molecule is CN=C(NCC(C)Cc1cccs1)NC(C)c1cccs1.I. The van der Waals surface area contributed by atoms with Crippen molar-refractivity contribution < 1.29 is 0 Å². The highest BCUT2D eigenvalue weighted by molar-refractivity contribution is 14.0. The van der Waals surface area contributed by atoms with Crippen LogP contribution >= 0.6 is 46.7 Å². The van der Waals surface area contributed by atoms with Crippen molar-refractivity contribution >= 4 is 52.6 Å². The number of nitrogens with one attached hydrogen (secondary N) is 2. The van der Waals surface area contributed by atoms with Crippen molar-refractivity contribution in [2.24, 2.45) is 10.9 Å². The summed E-state index contributed by atoms with van der Waals surface area (Å²) in [7, 11) is 1.82. The number of halogens is 1. The Kier molecular flexibility index (Phi) is 9.04. The predicted octanol–water partition coefficient (Wildman–Crippen LogP) is 4.53. The molecule has 0 spiro atoms. The van der Waals surface area contributed by atoms with Gasteiger partial charge >= 0.3 is 0 Å². The second-order valence-corrected chi connectivity index (χ2v) is 7.23. The van der Waals surface area contributed by atoms with Gasteiger partial charge in [0.15, 0.2) is 5.96 Å². The average molecular weight is 449 g/mol. The van der Waals surface area contributed by atoms with Gasteiger partial charge in [-0.2, -0.15) is 0 Å². The first-order chi connectivity index (χ1) is 10.2. The van der Waals surface area contributed by atoms with Gasteiger partial charge in [0.05, 0.1) is 6.04 Å². The number of guanidine groups is 1. The third kappa shape index (κ3) is 6.26. The molecule has 0 bridgehead atoms. The summed E-state index contributed by atoms with van der Waals surface area (Å²) < 4.78 is 0. The molecule has 0 amide bonds. The van der Waals surface area contributed by atoms with Crippen molar-refractivity contribution in [3.05, 3.63) is 44.8 Å². The molecular weight excluding hydrogens is 425 g/mol. The molecule has 2 atom stereocenters. The van der Waals surface area contributed by atoms with Gasteiger partial charge in [-0.25, -0.2) is 0 Å². The molecule has 2 aromatic rings. The molecule has 0 saturated heterocycles. The first-order valence-corrected chi connectivity index (χ1v) is 8.98. The maximum absolute atomic E-state index is 4.31. The molecule has 122 valence electrons. The molecular formula is C16H24IN3S2. The second-order valence-electron chi connectivity index (χ2n) is 5.22. The number of thiophene rings is 2. The van der Waals surface area contributed by atoms with Gasteiger partial charge in [0.2, 0.25) is 0 Å². The lowest BCUT2D eigenvalue weighted by Crippen LogP contribution is -2.40. The molecule has 3 nitrogen and oxygen atoms in total. The molecule has 0 radical (unpaired) electrons. The van der Waals surface area contributed by atoms with Gasteiger partial charge in [0.1, 0.15) is 0 Å². The van der Waals surface area contributed by atoms with E-state index < -0.39 is 0 Å². The quantitative estimate of drug-likeness (QED) is 0.386. The van der Waals surface area contributed by atoms with Crippen LogP contribution in [0.2, 0.25) is 0 Å². The van der Waals surface area contributed by atoms with E-state index in [1.807, 2.05) is 18.4 Å². The fourth-order valence-corrected chi connectivity index (χ4v) is 3.73.